The van der Waals surface area contributed by atoms with Crippen molar-refractivity contribution in [3.8, 4) is 45.9 Å². The van der Waals surface area contributed by atoms with Gasteiger partial charge in [0.15, 0.2) is 0 Å². The number of oxazole rings is 2. The molecular weight excluding hydrogens is 827 g/mol. The van der Waals surface area contributed by atoms with Crippen LogP contribution in [-0.2, 0) is 37.0 Å². The lowest BCUT2D eigenvalue weighted by molar-refractivity contribution is -0.138. The zero-order valence-corrected chi connectivity index (χ0v) is 37.9. The molecule has 10 nitrogen and oxygen atoms in total. The molecule has 0 unspecified atom stereocenters. The van der Waals surface area contributed by atoms with E-state index in [4.69, 9.17) is 23.0 Å². The first kappa shape index (κ1) is 46.6. The Kier molecular flexibility index (Phi) is 16.9. The van der Waals surface area contributed by atoms with Gasteiger partial charge in [0.25, 0.3) is 0 Å². The molecule has 0 spiro atoms. The number of aryl methyl sites for hydroxylation is 3. The molecule has 10 heteroatoms. The zero-order chi connectivity index (χ0) is 45.9. The lowest BCUT2D eigenvalue weighted by Crippen LogP contribution is -2.31. The van der Waals surface area contributed by atoms with E-state index in [1.165, 1.54) is 5.56 Å². The summed E-state index contributed by atoms with van der Waals surface area (Å²) in [6, 6.07) is 53.5. The number of benzene rings is 6. The summed E-state index contributed by atoms with van der Waals surface area (Å²) < 4.78 is 29.3. The second kappa shape index (κ2) is 24.0. The molecule has 0 saturated carbocycles. The Bertz CT molecular complexity index is 2660. The van der Waals surface area contributed by atoms with Crippen LogP contribution in [0.15, 0.2) is 173 Å². The van der Waals surface area contributed by atoms with Crippen molar-refractivity contribution in [2.24, 2.45) is 0 Å². The topological polar surface area (TPSA) is 120 Å². The first-order valence-electron chi connectivity index (χ1n) is 22.5. The Hall–Kier alpha value is -7.43. The van der Waals surface area contributed by atoms with Gasteiger partial charge in [-0.1, -0.05) is 104 Å². The molecule has 0 saturated heterocycles. The van der Waals surface area contributed by atoms with E-state index in [1.54, 1.807) is 0 Å². The third kappa shape index (κ3) is 14.3. The number of ether oxygens (including phenoxy) is 3. The van der Waals surface area contributed by atoms with Gasteiger partial charge >= 0.3 is 5.97 Å². The van der Waals surface area contributed by atoms with Crippen molar-refractivity contribution in [3.63, 3.8) is 0 Å². The summed E-state index contributed by atoms with van der Waals surface area (Å²) in [5.74, 6) is 5.31. The average molecular weight is 884 g/mol. The van der Waals surface area contributed by atoms with Gasteiger partial charge in [-0.2, -0.15) is 0 Å². The van der Waals surface area contributed by atoms with Crippen molar-refractivity contribution in [2.75, 3.05) is 26.3 Å². The van der Waals surface area contributed by atoms with Gasteiger partial charge in [-0.3, -0.25) is 9.69 Å². The van der Waals surface area contributed by atoms with E-state index in [2.05, 4.69) is 29.0 Å². The van der Waals surface area contributed by atoms with Crippen LogP contribution in [0.3, 0.4) is 0 Å². The van der Waals surface area contributed by atoms with E-state index in [9.17, 15) is 9.90 Å². The monoisotopic (exact) mass is 883 g/mol. The van der Waals surface area contributed by atoms with Crippen molar-refractivity contribution < 1.29 is 32.9 Å². The summed E-state index contributed by atoms with van der Waals surface area (Å²) in [5.41, 5.74) is 7.29. The predicted octanol–water partition coefficient (Wildman–Crippen LogP) is 12.4. The molecule has 66 heavy (non-hydrogen) atoms. The molecule has 6 aromatic carbocycles. The molecular formula is C56H57N3O7. The van der Waals surface area contributed by atoms with Crippen molar-refractivity contribution in [3.05, 3.63) is 203 Å². The predicted molar refractivity (Wildman–Crippen MR) is 258 cm³/mol. The highest BCUT2D eigenvalue weighted by atomic mass is 16.5. The third-order valence-electron chi connectivity index (χ3n) is 10.8. The number of carboxylic acid groups (broad SMARTS) is 1. The minimum atomic E-state index is -0.846. The second-order valence-electron chi connectivity index (χ2n) is 15.9. The summed E-state index contributed by atoms with van der Waals surface area (Å²) in [4.78, 5) is 22.7. The molecule has 8 rings (SSSR count). The number of rotatable bonds is 21. The number of nitrogens with zero attached hydrogens (tertiary/aromatic N) is 3. The molecule has 2 heterocycles. The van der Waals surface area contributed by atoms with Crippen LogP contribution in [0.5, 0.6) is 23.0 Å². The van der Waals surface area contributed by atoms with Gasteiger partial charge in [0.05, 0.1) is 31.1 Å². The van der Waals surface area contributed by atoms with Gasteiger partial charge in [0.1, 0.15) is 34.5 Å². The molecule has 0 amide bonds. The lowest BCUT2D eigenvalue weighted by Gasteiger charge is -2.20. The Morgan fingerprint density at radius 3 is 1.42 bits per heavy atom. The molecule has 0 atom stereocenters. The van der Waals surface area contributed by atoms with Crippen LogP contribution in [-0.4, -0.2) is 52.2 Å². The number of hydrogen-bond acceptors (Lipinski definition) is 9. The summed E-state index contributed by atoms with van der Waals surface area (Å²) in [5, 5.41) is 9.46. The number of aromatic nitrogens is 2. The molecule has 0 aliphatic carbocycles. The number of aliphatic carboxylic acids is 1. The van der Waals surface area contributed by atoms with Crippen molar-refractivity contribution in [2.45, 2.75) is 59.4 Å². The molecule has 0 aliphatic rings. The molecule has 8 aromatic rings. The molecule has 338 valence electrons. The minimum absolute atomic E-state index is 0.0308. The van der Waals surface area contributed by atoms with Crippen LogP contribution < -0.4 is 14.2 Å². The van der Waals surface area contributed by atoms with Crippen LogP contribution >= 0.6 is 0 Å². The van der Waals surface area contributed by atoms with Crippen LogP contribution in [0.4, 0.5) is 0 Å². The molecule has 1 N–H and O–H groups in total. The van der Waals surface area contributed by atoms with Crippen molar-refractivity contribution in [1.29, 1.82) is 0 Å². The van der Waals surface area contributed by atoms with Crippen LogP contribution in [0.25, 0.3) is 22.9 Å². The first-order valence-corrected chi connectivity index (χ1v) is 22.5. The SMILES string of the molecule is CCCc1ccc(OCCc2nc(-c3ccccc3)oc2C)cc1.Cc1oc(-c2ccccc2)nc1CCOc1ccc(CCN(CC(=O)O)Cc2ccc(Oc3ccccc3)cc2)cc1. The highest BCUT2D eigenvalue weighted by Crippen LogP contribution is 2.25. The van der Waals surface area contributed by atoms with E-state index >= 15 is 0 Å². The highest BCUT2D eigenvalue weighted by molar-refractivity contribution is 5.69. The Morgan fingerprint density at radius 2 is 0.955 bits per heavy atom. The largest absolute Gasteiger partial charge is 0.493 e. The summed E-state index contributed by atoms with van der Waals surface area (Å²) >= 11 is 0. The smallest absolute Gasteiger partial charge is 0.317 e. The van der Waals surface area contributed by atoms with E-state index in [0.29, 0.717) is 44.5 Å². The average Bonchev–Trinajstić information content (AvgIpc) is 3.91. The molecule has 0 radical (unpaired) electrons. The van der Waals surface area contributed by atoms with Crippen LogP contribution in [0.2, 0.25) is 0 Å². The Labute approximate surface area is 387 Å². The first-order chi connectivity index (χ1) is 32.3. The summed E-state index contributed by atoms with van der Waals surface area (Å²) in [6.45, 7) is 8.26. The fourth-order valence-electron chi connectivity index (χ4n) is 7.29. The Morgan fingerprint density at radius 1 is 0.530 bits per heavy atom. The van der Waals surface area contributed by atoms with E-state index < -0.39 is 5.97 Å². The molecule has 0 aliphatic heterocycles. The number of carbonyl (C=O) groups is 1. The molecule has 0 fully saturated rings. The van der Waals surface area contributed by atoms with Gasteiger partial charge in [0, 0.05) is 37.1 Å². The van der Waals surface area contributed by atoms with Crippen LogP contribution in [0, 0.1) is 13.8 Å². The Balaban J connectivity index is 0.000000228. The van der Waals surface area contributed by atoms with Crippen LogP contribution in [0.1, 0.15) is 52.9 Å². The standard InChI is InChI=1S/C35H34N2O5.C21H23NO2/c1-26-33(36-35(41-26)29-8-4-2-5-9-29)21-23-40-30-16-12-27(13-17-30)20-22-37(25-34(38)39)24-28-14-18-32(19-15-28)42-31-10-6-3-7-11-31;1-3-7-17-10-12-19(13-11-17)23-15-14-20-16(2)24-21(22-20)18-8-5-4-6-9-18/h2-19H,20-25H2,1H3,(H,38,39);4-6,8-13H,3,7,14-15H2,1-2H3. The van der Waals surface area contributed by atoms with E-state index in [0.717, 1.165) is 93.8 Å². The van der Waals surface area contributed by atoms with Gasteiger partial charge < -0.3 is 28.2 Å². The number of carboxylic acids is 1. The van der Waals surface area contributed by atoms with Gasteiger partial charge in [0.2, 0.25) is 11.8 Å². The van der Waals surface area contributed by atoms with Crippen molar-refractivity contribution >= 4 is 5.97 Å². The summed E-state index contributed by atoms with van der Waals surface area (Å²) in [6.07, 6.45) is 4.38. The third-order valence-corrected chi connectivity index (χ3v) is 10.8. The number of para-hydroxylation sites is 1. The fourth-order valence-corrected chi connectivity index (χ4v) is 7.29. The van der Waals surface area contributed by atoms with E-state index in [-0.39, 0.29) is 6.54 Å². The minimum Gasteiger partial charge on any atom is -0.493 e. The van der Waals surface area contributed by atoms with Crippen molar-refractivity contribution in [1.82, 2.24) is 14.9 Å². The van der Waals surface area contributed by atoms with E-state index in [1.807, 2.05) is 170 Å². The molecule has 2 aromatic heterocycles. The maximum absolute atomic E-state index is 11.5. The zero-order valence-electron chi connectivity index (χ0n) is 37.9. The quantitative estimate of drug-likeness (QED) is 0.0747. The fraction of sp³-hybridized carbons (Fsp3) is 0.232. The van der Waals surface area contributed by atoms with Gasteiger partial charge in [-0.15, -0.1) is 0 Å². The molecule has 0 bridgehead atoms. The second-order valence-corrected chi connectivity index (χ2v) is 15.9. The normalized spacial score (nSPS) is 10.9. The maximum Gasteiger partial charge on any atom is 0.317 e. The number of hydrogen-bond donors (Lipinski definition) is 1. The van der Waals surface area contributed by atoms with Gasteiger partial charge in [-0.05, 0) is 116 Å². The highest BCUT2D eigenvalue weighted by Gasteiger charge is 2.14. The van der Waals surface area contributed by atoms with Gasteiger partial charge in [-0.25, -0.2) is 9.97 Å². The maximum atomic E-state index is 11.5. The lowest BCUT2D eigenvalue weighted by atomic mass is 10.1. The summed E-state index contributed by atoms with van der Waals surface area (Å²) in [7, 11) is 0.